The number of hydrogen-bond acceptors (Lipinski definition) is 6. The fraction of sp³-hybridized carbons (Fsp3) is 0.600. The molecule has 2 rings (SSSR count). The van der Waals surface area contributed by atoms with Crippen molar-refractivity contribution in [3.05, 3.63) is 12.4 Å². The van der Waals surface area contributed by atoms with E-state index in [-0.39, 0.29) is 18.4 Å². The summed E-state index contributed by atoms with van der Waals surface area (Å²) >= 11 is 1.54. The van der Waals surface area contributed by atoms with E-state index in [1.807, 2.05) is 0 Å². The zero-order chi connectivity index (χ0) is 17.9. The van der Waals surface area contributed by atoms with Gasteiger partial charge in [-0.25, -0.2) is 4.79 Å². The maximum atomic E-state index is 12.4. The highest BCUT2D eigenvalue weighted by Gasteiger charge is 2.34. The molecule has 0 aliphatic carbocycles. The zero-order valence-corrected chi connectivity index (χ0v) is 15.1. The predicted molar refractivity (Wildman–Crippen MR) is 90.4 cm³/mol. The van der Waals surface area contributed by atoms with Crippen LogP contribution in [0.2, 0.25) is 0 Å². The SMILES string of the molecule is CCOC(=O)C(C)(C)n1cc(NC(=O)[C@@H]2CSCN2C(C)=O)cn1. The fourth-order valence-electron chi connectivity index (χ4n) is 2.29. The zero-order valence-electron chi connectivity index (χ0n) is 14.2. The molecule has 0 unspecified atom stereocenters. The van der Waals surface area contributed by atoms with Crippen LogP contribution in [0.25, 0.3) is 0 Å². The highest BCUT2D eigenvalue weighted by molar-refractivity contribution is 7.99. The van der Waals surface area contributed by atoms with Crippen LogP contribution in [-0.4, -0.2) is 56.7 Å². The van der Waals surface area contributed by atoms with Gasteiger partial charge in [-0.1, -0.05) is 0 Å². The van der Waals surface area contributed by atoms with Crippen molar-refractivity contribution in [2.45, 2.75) is 39.3 Å². The van der Waals surface area contributed by atoms with Crippen LogP contribution in [0.4, 0.5) is 5.69 Å². The fourth-order valence-corrected chi connectivity index (χ4v) is 3.51. The van der Waals surface area contributed by atoms with Crippen LogP contribution < -0.4 is 5.32 Å². The molecule has 1 saturated heterocycles. The standard InChI is InChI=1S/C15H22N4O4S/c1-5-23-14(22)15(3,4)19-7-11(6-16-19)17-13(21)12-8-24-9-18(12)10(2)20/h6-7,12H,5,8-9H2,1-4H3,(H,17,21)/t12-/m0/s1. The van der Waals surface area contributed by atoms with Crippen LogP contribution in [0.1, 0.15) is 27.7 Å². The Hall–Kier alpha value is -2.03. The summed E-state index contributed by atoms with van der Waals surface area (Å²) in [5, 5.41) is 6.89. The van der Waals surface area contributed by atoms with E-state index in [1.165, 1.54) is 34.5 Å². The van der Waals surface area contributed by atoms with Gasteiger partial charge in [-0.2, -0.15) is 5.10 Å². The second kappa shape index (κ2) is 7.25. The molecule has 132 valence electrons. The van der Waals surface area contributed by atoms with Gasteiger partial charge in [0.05, 0.1) is 24.4 Å². The summed E-state index contributed by atoms with van der Waals surface area (Å²) in [5.41, 5.74) is -0.508. The lowest BCUT2D eigenvalue weighted by Crippen LogP contribution is -2.43. The van der Waals surface area contributed by atoms with E-state index in [0.717, 1.165) is 0 Å². The quantitative estimate of drug-likeness (QED) is 0.794. The average molecular weight is 354 g/mol. The molecule has 8 nitrogen and oxygen atoms in total. The number of thioether (sulfide) groups is 1. The number of carbonyl (C=O) groups is 3. The Balaban J connectivity index is 2.07. The maximum absolute atomic E-state index is 12.4. The van der Waals surface area contributed by atoms with Crippen LogP contribution in [-0.2, 0) is 24.7 Å². The van der Waals surface area contributed by atoms with Gasteiger partial charge in [-0.05, 0) is 20.8 Å². The molecule has 24 heavy (non-hydrogen) atoms. The number of aromatic nitrogens is 2. The van der Waals surface area contributed by atoms with Crippen molar-refractivity contribution in [1.29, 1.82) is 0 Å². The Morgan fingerprint density at radius 1 is 1.46 bits per heavy atom. The number of hydrogen-bond donors (Lipinski definition) is 1. The minimum absolute atomic E-state index is 0.126. The summed E-state index contributed by atoms with van der Waals surface area (Å²) in [5.74, 6) is 0.292. The first-order chi connectivity index (χ1) is 11.3. The van der Waals surface area contributed by atoms with Crippen LogP contribution in [0.15, 0.2) is 12.4 Å². The molecule has 1 aliphatic rings. The lowest BCUT2D eigenvalue weighted by molar-refractivity contribution is -0.152. The Bertz CT molecular complexity index is 643. The number of esters is 1. The second-order valence-electron chi connectivity index (χ2n) is 5.95. The van der Waals surface area contributed by atoms with E-state index < -0.39 is 17.6 Å². The van der Waals surface area contributed by atoms with Gasteiger partial charge in [0.2, 0.25) is 11.8 Å². The van der Waals surface area contributed by atoms with Gasteiger partial charge in [0.1, 0.15) is 6.04 Å². The monoisotopic (exact) mass is 354 g/mol. The summed E-state index contributed by atoms with van der Waals surface area (Å²) in [6.07, 6.45) is 3.05. The molecule has 2 amide bonds. The van der Waals surface area contributed by atoms with Crippen molar-refractivity contribution in [2.24, 2.45) is 0 Å². The third-order valence-electron chi connectivity index (χ3n) is 3.79. The van der Waals surface area contributed by atoms with Gasteiger partial charge in [0.15, 0.2) is 5.54 Å². The molecular weight excluding hydrogens is 332 g/mol. The number of carbonyl (C=O) groups excluding carboxylic acids is 3. The molecule has 1 N–H and O–H groups in total. The normalized spacial score (nSPS) is 17.7. The third-order valence-corrected chi connectivity index (χ3v) is 4.80. The van der Waals surface area contributed by atoms with Crippen molar-refractivity contribution >= 4 is 35.2 Å². The van der Waals surface area contributed by atoms with E-state index in [9.17, 15) is 14.4 Å². The number of anilines is 1. The van der Waals surface area contributed by atoms with Gasteiger partial charge in [-0.3, -0.25) is 14.3 Å². The number of nitrogens with one attached hydrogen (secondary N) is 1. The molecule has 1 aromatic rings. The van der Waals surface area contributed by atoms with E-state index >= 15 is 0 Å². The second-order valence-corrected chi connectivity index (χ2v) is 6.95. The first kappa shape index (κ1) is 18.3. The summed E-state index contributed by atoms with van der Waals surface area (Å²) < 4.78 is 6.49. The van der Waals surface area contributed by atoms with Gasteiger partial charge in [-0.15, -0.1) is 11.8 Å². The molecule has 1 aromatic heterocycles. The van der Waals surface area contributed by atoms with Crippen molar-refractivity contribution in [3.63, 3.8) is 0 Å². The minimum Gasteiger partial charge on any atom is -0.464 e. The molecule has 0 spiro atoms. The number of rotatable bonds is 5. The Morgan fingerprint density at radius 2 is 2.17 bits per heavy atom. The Morgan fingerprint density at radius 3 is 2.79 bits per heavy atom. The molecule has 9 heteroatoms. The van der Waals surface area contributed by atoms with Crippen molar-refractivity contribution in [1.82, 2.24) is 14.7 Å². The molecular formula is C15H22N4O4S. The molecule has 1 atom stereocenters. The van der Waals surface area contributed by atoms with Crippen LogP contribution >= 0.6 is 11.8 Å². The number of nitrogens with zero attached hydrogens (tertiary/aromatic N) is 3. The summed E-state index contributed by atoms with van der Waals surface area (Å²) in [6.45, 7) is 6.85. The van der Waals surface area contributed by atoms with E-state index in [2.05, 4.69) is 10.4 Å². The number of ether oxygens (including phenoxy) is 1. The first-order valence-electron chi connectivity index (χ1n) is 7.65. The Labute approximate surface area is 144 Å². The van der Waals surface area contributed by atoms with Gasteiger partial charge in [0.25, 0.3) is 0 Å². The first-order valence-corrected chi connectivity index (χ1v) is 8.81. The topological polar surface area (TPSA) is 93.5 Å². The van der Waals surface area contributed by atoms with Gasteiger partial charge in [0, 0.05) is 18.9 Å². The van der Waals surface area contributed by atoms with Crippen molar-refractivity contribution in [3.8, 4) is 0 Å². The van der Waals surface area contributed by atoms with Crippen molar-refractivity contribution < 1.29 is 19.1 Å². The molecule has 0 aromatic carbocycles. The van der Waals surface area contributed by atoms with Crippen LogP contribution in [0.3, 0.4) is 0 Å². The average Bonchev–Trinajstić information content (AvgIpc) is 3.16. The van der Waals surface area contributed by atoms with E-state index in [4.69, 9.17) is 4.74 Å². The van der Waals surface area contributed by atoms with E-state index in [1.54, 1.807) is 27.0 Å². The molecule has 2 heterocycles. The Kier molecular flexibility index (Phi) is 5.53. The number of amides is 2. The predicted octanol–water partition coefficient (Wildman–Crippen LogP) is 1.04. The minimum atomic E-state index is -0.979. The van der Waals surface area contributed by atoms with Gasteiger partial charge < -0.3 is 15.0 Å². The lowest BCUT2D eigenvalue weighted by Gasteiger charge is -2.23. The lowest BCUT2D eigenvalue weighted by atomic mass is 10.1. The summed E-state index contributed by atoms with van der Waals surface area (Å²) in [6, 6.07) is -0.492. The molecule has 1 fully saturated rings. The molecule has 1 aliphatic heterocycles. The molecule has 0 bridgehead atoms. The summed E-state index contributed by atoms with van der Waals surface area (Å²) in [4.78, 5) is 37.5. The van der Waals surface area contributed by atoms with Crippen LogP contribution in [0, 0.1) is 0 Å². The third kappa shape index (κ3) is 3.72. The largest absolute Gasteiger partial charge is 0.464 e. The summed E-state index contributed by atoms with van der Waals surface area (Å²) in [7, 11) is 0. The van der Waals surface area contributed by atoms with Crippen LogP contribution in [0.5, 0.6) is 0 Å². The van der Waals surface area contributed by atoms with E-state index in [0.29, 0.717) is 17.3 Å². The smallest absolute Gasteiger partial charge is 0.333 e. The van der Waals surface area contributed by atoms with Gasteiger partial charge >= 0.3 is 5.97 Å². The molecule has 0 saturated carbocycles. The highest BCUT2D eigenvalue weighted by atomic mass is 32.2. The molecule has 0 radical (unpaired) electrons. The van der Waals surface area contributed by atoms with Crippen molar-refractivity contribution in [2.75, 3.05) is 23.6 Å². The maximum Gasteiger partial charge on any atom is 0.333 e. The highest BCUT2D eigenvalue weighted by Crippen LogP contribution is 2.23.